The van der Waals surface area contributed by atoms with Gasteiger partial charge in [0.05, 0.1) is 6.20 Å². The van der Waals surface area contributed by atoms with Crippen LogP contribution >= 0.6 is 22.9 Å². The summed E-state index contributed by atoms with van der Waals surface area (Å²) < 4.78 is 6.09. The summed E-state index contributed by atoms with van der Waals surface area (Å²) in [6.07, 6.45) is 4.38. The summed E-state index contributed by atoms with van der Waals surface area (Å²) in [5.74, 6) is 0. The first kappa shape index (κ1) is 17.2. The molecular formula is C15H22ClN3O2S. The van der Waals surface area contributed by atoms with Gasteiger partial charge in [-0.2, -0.15) is 0 Å². The summed E-state index contributed by atoms with van der Waals surface area (Å²) in [6, 6.07) is 0. The molecule has 0 atom stereocenters. The molecule has 7 heteroatoms. The van der Waals surface area contributed by atoms with Crippen molar-refractivity contribution in [3.8, 4) is 0 Å². The monoisotopic (exact) mass is 343 g/mol. The van der Waals surface area contributed by atoms with Gasteiger partial charge in [-0.1, -0.05) is 23.3 Å². The van der Waals surface area contributed by atoms with Crippen molar-refractivity contribution in [3.05, 3.63) is 27.2 Å². The van der Waals surface area contributed by atoms with E-state index in [0.717, 1.165) is 18.0 Å². The Bertz CT molecular complexity index is 551. The van der Waals surface area contributed by atoms with Gasteiger partial charge in [-0.25, -0.2) is 9.78 Å². The number of carbonyl (C=O) groups is 1. The first-order valence-corrected chi connectivity index (χ1v) is 8.50. The lowest BCUT2D eigenvalue weighted by atomic mass is 10.1. The Balaban J connectivity index is 1.73. The molecule has 0 fully saturated rings. The van der Waals surface area contributed by atoms with Crippen molar-refractivity contribution in [2.45, 2.75) is 39.3 Å². The highest BCUT2D eigenvalue weighted by atomic mass is 35.5. The van der Waals surface area contributed by atoms with E-state index in [4.69, 9.17) is 16.3 Å². The van der Waals surface area contributed by atoms with Gasteiger partial charge in [-0.15, -0.1) is 11.3 Å². The normalized spacial score (nSPS) is 15.6. The van der Waals surface area contributed by atoms with E-state index in [2.05, 4.69) is 16.4 Å². The van der Waals surface area contributed by atoms with Crippen LogP contribution in [0.1, 0.15) is 32.2 Å². The maximum absolute atomic E-state index is 12.0. The minimum Gasteiger partial charge on any atom is -0.444 e. The van der Waals surface area contributed by atoms with Crippen LogP contribution in [0.2, 0.25) is 4.34 Å². The molecule has 0 aliphatic carbocycles. The second kappa shape index (κ2) is 7.44. The third-order valence-corrected chi connectivity index (χ3v) is 4.22. The molecular weight excluding hydrogens is 322 g/mol. The highest BCUT2D eigenvalue weighted by molar-refractivity contribution is 7.15. The number of aromatic nitrogens is 1. The van der Waals surface area contributed by atoms with E-state index < -0.39 is 5.60 Å². The fraction of sp³-hybridized carbons (Fsp3) is 0.600. The van der Waals surface area contributed by atoms with Gasteiger partial charge in [0.1, 0.15) is 14.9 Å². The van der Waals surface area contributed by atoms with Crippen molar-refractivity contribution < 1.29 is 9.53 Å². The topological polar surface area (TPSA) is 54.5 Å². The molecule has 1 N–H and O–H groups in total. The molecule has 0 saturated carbocycles. The lowest BCUT2D eigenvalue weighted by Crippen LogP contribution is -2.39. The molecule has 0 radical (unpaired) electrons. The van der Waals surface area contributed by atoms with E-state index in [1.54, 1.807) is 11.1 Å². The predicted octanol–water partition coefficient (Wildman–Crippen LogP) is 3.45. The number of carbonyl (C=O) groups excluding carboxylic acids is 1. The van der Waals surface area contributed by atoms with Crippen LogP contribution in [0.5, 0.6) is 0 Å². The summed E-state index contributed by atoms with van der Waals surface area (Å²) >= 11 is 7.33. The molecule has 1 aromatic rings. The van der Waals surface area contributed by atoms with Crippen LogP contribution in [-0.2, 0) is 11.3 Å². The second-order valence-electron chi connectivity index (χ2n) is 6.20. The first-order chi connectivity index (χ1) is 10.3. The van der Waals surface area contributed by atoms with Crippen molar-refractivity contribution in [1.29, 1.82) is 0 Å². The predicted molar refractivity (Wildman–Crippen MR) is 89.3 cm³/mol. The Morgan fingerprint density at radius 2 is 2.27 bits per heavy atom. The van der Waals surface area contributed by atoms with E-state index >= 15 is 0 Å². The van der Waals surface area contributed by atoms with Gasteiger partial charge in [0.2, 0.25) is 0 Å². The van der Waals surface area contributed by atoms with Crippen LogP contribution in [0.4, 0.5) is 4.79 Å². The van der Waals surface area contributed by atoms with Gasteiger partial charge in [-0.3, -0.25) is 0 Å². The third kappa shape index (κ3) is 5.59. The Hall–Kier alpha value is -1.11. The standard InChI is InChI=1S/C15H22ClN3O2S/c1-15(2,3)21-14(20)19-6-4-11(5-7-19)8-17-10-13-18-9-12(16)22-13/h4,9,17H,5-8,10H2,1-3H3. The molecule has 5 nitrogen and oxygen atoms in total. The van der Waals surface area contributed by atoms with Gasteiger partial charge in [-0.05, 0) is 27.2 Å². The van der Waals surface area contributed by atoms with E-state index in [1.165, 1.54) is 16.9 Å². The highest BCUT2D eigenvalue weighted by Gasteiger charge is 2.23. The average molecular weight is 344 g/mol. The molecule has 122 valence electrons. The molecule has 1 amide bonds. The summed E-state index contributed by atoms with van der Waals surface area (Å²) in [7, 11) is 0. The summed E-state index contributed by atoms with van der Waals surface area (Å²) in [5, 5.41) is 4.34. The lowest BCUT2D eigenvalue weighted by molar-refractivity contribution is 0.0265. The van der Waals surface area contributed by atoms with Crippen molar-refractivity contribution >= 4 is 29.0 Å². The van der Waals surface area contributed by atoms with E-state index in [1.807, 2.05) is 20.8 Å². The number of hydrogen-bond acceptors (Lipinski definition) is 5. The molecule has 1 aliphatic rings. The number of amides is 1. The van der Waals surface area contributed by atoms with Crippen molar-refractivity contribution in [3.63, 3.8) is 0 Å². The molecule has 0 spiro atoms. The molecule has 0 bridgehead atoms. The Kier molecular flexibility index (Phi) is 5.83. The van der Waals surface area contributed by atoms with E-state index in [0.29, 0.717) is 24.0 Å². The molecule has 0 aromatic carbocycles. The van der Waals surface area contributed by atoms with E-state index in [9.17, 15) is 4.79 Å². The third-order valence-electron chi connectivity index (χ3n) is 3.11. The molecule has 0 unspecified atom stereocenters. The zero-order valence-electron chi connectivity index (χ0n) is 13.2. The molecule has 22 heavy (non-hydrogen) atoms. The van der Waals surface area contributed by atoms with Crippen LogP contribution in [0.25, 0.3) is 0 Å². The number of ether oxygens (including phenoxy) is 1. The van der Waals surface area contributed by atoms with Crippen LogP contribution in [-0.4, -0.2) is 41.2 Å². The molecule has 1 aromatic heterocycles. The fourth-order valence-electron chi connectivity index (χ4n) is 2.06. The summed E-state index contributed by atoms with van der Waals surface area (Å²) in [4.78, 5) is 17.9. The summed E-state index contributed by atoms with van der Waals surface area (Å²) in [6.45, 7) is 8.46. The van der Waals surface area contributed by atoms with Crippen LogP contribution in [0, 0.1) is 0 Å². The Labute approximate surface area is 140 Å². The van der Waals surface area contributed by atoms with Crippen LogP contribution < -0.4 is 5.32 Å². The summed E-state index contributed by atoms with van der Waals surface area (Å²) in [5.41, 5.74) is 0.861. The molecule has 1 aliphatic heterocycles. The van der Waals surface area contributed by atoms with Gasteiger partial charge in [0.15, 0.2) is 0 Å². The Morgan fingerprint density at radius 3 is 2.82 bits per heavy atom. The lowest BCUT2D eigenvalue weighted by Gasteiger charge is -2.29. The molecule has 2 heterocycles. The molecule has 0 saturated heterocycles. The largest absolute Gasteiger partial charge is 0.444 e. The van der Waals surface area contributed by atoms with Gasteiger partial charge < -0.3 is 15.0 Å². The SMILES string of the molecule is CC(C)(C)OC(=O)N1CC=C(CNCc2ncc(Cl)s2)CC1. The maximum Gasteiger partial charge on any atom is 0.410 e. The fourth-order valence-corrected chi connectivity index (χ4v) is 2.99. The quantitative estimate of drug-likeness (QED) is 0.851. The van der Waals surface area contributed by atoms with Crippen molar-refractivity contribution in [1.82, 2.24) is 15.2 Å². The minimum absolute atomic E-state index is 0.242. The number of halogens is 1. The maximum atomic E-state index is 12.0. The Morgan fingerprint density at radius 1 is 1.50 bits per heavy atom. The number of nitrogens with one attached hydrogen (secondary N) is 1. The smallest absolute Gasteiger partial charge is 0.410 e. The van der Waals surface area contributed by atoms with Crippen molar-refractivity contribution in [2.24, 2.45) is 0 Å². The number of rotatable bonds is 4. The zero-order chi connectivity index (χ0) is 16.2. The van der Waals surface area contributed by atoms with Gasteiger partial charge >= 0.3 is 6.09 Å². The second-order valence-corrected chi connectivity index (χ2v) is 7.95. The average Bonchev–Trinajstić information content (AvgIpc) is 2.83. The van der Waals surface area contributed by atoms with Crippen LogP contribution in [0.3, 0.4) is 0 Å². The van der Waals surface area contributed by atoms with E-state index in [-0.39, 0.29) is 6.09 Å². The first-order valence-electron chi connectivity index (χ1n) is 7.30. The number of nitrogens with zero attached hydrogens (tertiary/aromatic N) is 2. The highest BCUT2D eigenvalue weighted by Crippen LogP contribution is 2.18. The number of hydrogen-bond donors (Lipinski definition) is 1. The van der Waals surface area contributed by atoms with Crippen LogP contribution in [0.15, 0.2) is 17.8 Å². The molecule has 2 rings (SSSR count). The van der Waals surface area contributed by atoms with Crippen molar-refractivity contribution in [2.75, 3.05) is 19.6 Å². The zero-order valence-corrected chi connectivity index (χ0v) is 14.8. The minimum atomic E-state index is -0.447. The van der Waals surface area contributed by atoms with Gasteiger partial charge in [0.25, 0.3) is 0 Å². The number of thiazole rings is 1. The van der Waals surface area contributed by atoms with Gasteiger partial charge in [0, 0.05) is 26.2 Å².